The number of amides is 3. The number of aromatic nitrogens is 2. The van der Waals surface area contributed by atoms with Crippen LogP contribution in [0.1, 0.15) is 44.8 Å². The van der Waals surface area contributed by atoms with E-state index in [1.54, 1.807) is 12.1 Å². The third-order valence-electron chi connectivity index (χ3n) is 6.86. The van der Waals surface area contributed by atoms with Crippen LogP contribution in [-0.4, -0.2) is 82.6 Å². The zero-order valence-corrected chi connectivity index (χ0v) is 21.1. The largest absolute Gasteiger partial charge is 0.486 e. The van der Waals surface area contributed by atoms with Crippen molar-refractivity contribution in [1.82, 2.24) is 24.5 Å². The number of imide groups is 1. The molecule has 11 heteroatoms. The van der Waals surface area contributed by atoms with Gasteiger partial charge >= 0.3 is 0 Å². The predicted octanol–water partition coefficient (Wildman–Crippen LogP) is 1.44. The standard InChI is InChI=1S/C27H29N5O6/c1-30(22-6-8-25(34)29-26(22)35)27(36)20-3-2-4-23(21(20)16-33)38-17-19-15-32-14-18(5-7-24(32)28-19)13-31-9-11-37-12-10-31/h2-5,7,14-16,22H,6,8-13,17H2,1H3,(H,29,34,35). The van der Waals surface area contributed by atoms with E-state index < -0.39 is 17.9 Å². The Hall–Kier alpha value is -4.09. The Morgan fingerprint density at radius 2 is 2.03 bits per heavy atom. The number of piperidine rings is 1. The molecule has 5 rings (SSSR count). The molecule has 0 aliphatic carbocycles. The van der Waals surface area contributed by atoms with Crippen molar-refractivity contribution in [3.63, 3.8) is 0 Å². The van der Waals surface area contributed by atoms with Crippen molar-refractivity contribution >= 4 is 29.7 Å². The third-order valence-corrected chi connectivity index (χ3v) is 6.86. The van der Waals surface area contributed by atoms with E-state index in [9.17, 15) is 19.2 Å². The van der Waals surface area contributed by atoms with Gasteiger partial charge in [-0.2, -0.15) is 0 Å². The number of likely N-dealkylation sites (N-methyl/N-ethyl adjacent to an activating group) is 1. The summed E-state index contributed by atoms with van der Waals surface area (Å²) in [5.41, 5.74) is 2.82. The van der Waals surface area contributed by atoms with Crippen molar-refractivity contribution in [2.45, 2.75) is 32.0 Å². The van der Waals surface area contributed by atoms with Gasteiger partial charge in [-0.25, -0.2) is 4.98 Å². The lowest BCUT2D eigenvalue weighted by Gasteiger charge is -2.30. The molecule has 0 spiro atoms. The summed E-state index contributed by atoms with van der Waals surface area (Å²) in [5, 5.41) is 2.25. The van der Waals surface area contributed by atoms with Gasteiger partial charge in [0.25, 0.3) is 5.91 Å². The molecule has 2 aromatic heterocycles. The average Bonchev–Trinajstić information content (AvgIpc) is 3.33. The molecule has 198 valence electrons. The van der Waals surface area contributed by atoms with E-state index in [0.29, 0.717) is 12.0 Å². The topological polar surface area (TPSA) is 123 Å². The first-order chi connectivity index (χ1) is 18.4. The van der Waals surface area contributed by atoms with Crippen LogP contribution in [0.5, 0.6) is 5.75 Å². The number of aldehydes is 1. The number of nitrogens with one attached hydrogen (secondary N) is 1. The second-order valence-corrected chi connectivity index (χ2v) is 9.43. The quantitative estimate of drug-likeness (QED) is 0.350. The molecule has 1 unspecified atom stereocenters. The van der Waals surface area contributed by atoms with Crippen LogP contribution in [0.15, 0.2) is 42.7 Å². The molecule has 2 aliphatic heterocycles. The Balaban J connectivity index is 1.28. The van der Waals surface area contributed by atoms with Crippen molar-refractivity contribution < 1.29 is 28.7 Å². The van der Waals surface area contributed by atoms with Gasteiger partial charge < -0.3 is 18.8 Å². The van der Waals surface area contributed by atoms with Gasteiger partial charge in [0, 0.05) is 45.5 Å². The molecule has 1 atom stereocenters. The monoisotopic (exact) mass is 519 g/mol. The number of nitrogens with zero attached hydrogens (tertiary/aromatic N) is 4. The van der Waals surface area contributed by atoms with Gasteiger partial charge in [0.15, 0.2) is 6.29 Å². The van der Waals surface area contributed by atoms with Crippen molar-refractivity contribution in [1.29, 1.82) is 0 Å². The lowest BCUT2D eigenvalue weighted by molar-refractivity contribution is -0.136. The maximum absolute atomic E-state index is 13.2. The first kappa shape index (κ1) is 25.6. The van der Waals surface area contributed by atoms with Gasteiger partial charge in [-0.05, 0) is 30.2 Å². The maximum Gasteiger partial charge on any atom is 0.255 e. The van der Waals surface area contributed by atoms with Crippen LogP contribution >= 0.6 is 0 Å². The molecule has 0 radical (unpaired) electrons. The zero-order valence-electron chi connectivity index (χ0n) is 21.1. The van der Waals surface area contributed by atoms with Crippen LogP contribution in [0, 0.1) is 0 Å². The zero-order chi connectivity index (χ0) is 26.6. The number of hydrogen-bond acceptors (Lipinski definition) is 8. The maximum atomic E-state index is 13.2. The number of benzene rings is 1. The Bertz CT molecular complexity index is 1380. The first-order valence-corrected chi connectivity index (χ1v) is 12.5. The van der Waals surface area contributed by atoms with Crippen LogP contribution in [0.4, 0.5) is 0 Å². The van der Waals surface area contributed by atoms with Crippen molar-refractivity contribution in [2.24, 2.45) is 0 Å². The fourth-order valence-corrected chi connectivity index (χ4v) is 4.78. The molecule has 3 aromatic rings. The Morgan fingerprint density at radius 1 is 1.21 bits per heavy atom. The molecule has 1 aromatic carbocycles. The number of carbonyl (C=O) groups is 4. The fourth-order valence-electron chi connectivity index (χ4n) is 4.78. The van der Waals surface area contributed by atoms with Crippen LogP contribution in [-0.2, 0) is 27.5 Å². The molecule has 1 N–H and O–H groups in total. The van der Waals surface area contributed by atoms with Crippen LogP contribution < -0.4 is 10.1 Å². The van der Waals surface area contributed by atoms with Crippen molar-refractivity contribution in [3.05, 3.63) is 65.1 Å². The highest BCUT2D eigenvalue weighted by molar-refractivity contribution is 6.06. The molecule has 4 heterocycles. The summed E-state index contributed by atoms with van der Waals surface area (Å²) in [6.07, 6.45) is 4.86. The van der Waals surface area contributed by atoms with Gasteiger partial charge in [-0.1, -0.05) is 12.1 Å². The van der Waals surface area contributed by atoms with Crippen LogP contribution in [0.25, 0.3) is 5.65 Å². The number of rotatable bonds is 8. The lowest BCUT2D eigenvalue weighted by atomic mass is 10.0. The van der Waals surface area contributed by atoms with E-state index in [4.69, 9.17) is 9.47 Å². The summed E-state index contributed by atoms with van der Waals surface area (Å²) in [6.45, 7) is 4.24. The molecule has 0 bridgehead atoms. The minimum atomic E-state index is -0.796. The van der Waals surface area contributed by atoms with Crippen molar-refractivity contribution in [3.8, 4) is 5.75 Å². The molecule has 11 nitrogen and oxygen atoms in total. The summed E-state index contributed by atoms with van der Waals surface area (Å²) < 4.78 is 13.3. The van der Waals surface area contributed by atoms with E-state index in [1.165, 1.54) is 23.6 Å². The normalized spacial score (nSPS) is 18.3. The first-order valence-electron chi connectivity index (χ1n) is 12.5. The van der Waals surface area contributed by atoms with Gasteiger partial charge in [0.1, 0.15) is 24.0 Å². The third kappa shape index (κ3) is 5.43. The lowest BCUT2D eigenvalue weighted by Crippen LogP contribution is -2.53. The minimum absolute atomic E-state index is 0.0909. The van der Waals surface area contributed by atoms with Gasteiger partial charge in [-0.3, -0.25) is 29.4 Å². The Labute approximate surface area is 219 Å². The summed E-state index contributed by atoms with van der Waals surface area (Å²) in [6, 6.07) is 7.97. The Morgan fingerprint density at radius 3 is 2.79 bits per heavy atom. The van der Waals surface area contributed by atoms with E-state index >= 15 is 0 Å². The summed E-state index contributed by atoms with van der Waals surface area (Å²) in [5.74, 6) is -1.16. The van der Waals surface area contributed by atoms with E-state index in [0.717, 1.165) is 38.5 Å². The van der Waals surface area contributed by atoms with Gasteiger partial charge in [0.2, 0.25) is 11.8 Å². The highest BCUT2D eigenvalue weighted by Gasteiger charge is 2.33. The van der Waals surface area contributed by atoms with Crippen LogP contribution in [0.3, 0.4) is 0 Å². The summed E-state index contributed by atoms with van der Waals surface area (Å²) >= 11 is 0. The smallest absolute Gasteiger partial charge is 0.255 e. The number of imidazole rings is 1. The summed E-state index contributed by atoms with van der Waals surface area (Å²) in [4.78, 5) is 57.1. The second kappa shape index (κ2) is 11.1. The second-order valence-electron chi connectivity index (χ2n) is 9.43. The van der Waals surface area contributed by atoms with Crippen molar-refractivity contribution in [2.75, 3.05) is 33.4 Å². The highest BCUT2D eigenvalue weighted by atomic mass is 16.5. The fraction of sp³-hybridized carbons (Fsp3) is 0.370. The molecule has 2 aliphatic rings. The van der Waals surface area contributed by atoms with Gasteiger partial charge in [-0.15, -0.1) is 0 Å². The predicted molar refractivity (Wildman–Crippen MR) is 136 cm³/mol. The van der Waals surface area contributed by atoms with E-state index in [1.807, 2.05) is 22.9 Å². The van der Waals surface area contributed by atoms with Gasteiger partial charge in [0.05, 0.1) is 30.0 Å². The number of fused-ring (bicyclic) bond motifs is 1. The molecule has 0 saturated carbocycles. The summed E-state index contributed by atoms with van der Waals surface area (Å²) in [7, 11) is 1.48. The number of ether oxygens (including phenoxy) is 2. The SMILES string of the molecule is CN(C(=O)c1cccc(OCc2cn3cc(CN4CCOCC4)ccc3n2)c1C=O)C1CCC(=O)NC1=O. The van der Waals surface area contributed by atoms with E-state index in [-0.39, 0.29) is 42.2 Å². The molecule has 38 heavy (non-hydrogen) atoms. The molecular weight excluding hydrogens is 490 g/mol. The number of pyridine rings is 1. The Kier molecular flexibility index (Phi) is 7.47. The molecule has 3 amide bonds. The highest BCUT2D eigenvalue weighted by Crippen LogP contribution is 2.24. The average molecular weight is 520 g/mol. The minimum Gasteiger partial charge on any atom is -0.486 e. The molecule has 2 saturated heterocycles. The van der Waals surface area contributed by atoms with Crippen LogP contribution in [0.2, 0.25) is 0 Å². The number of carbonyl (C=O) groups excluding carboxylic acids is 4. The number of morpholine rings is 1. The van der Waals surface area contributed by atoms with E-state index in [2.05, 4.69) is 21.3 Å². The number of hydrogen-bond donors (Lipinski definition) is 1. The molecule has 2 fully saturated rings. The molecular formula is C27H29N5O6.